The van der Waals surface area contributed by atoms with E-state index < -0.39 is 0 Å². The molecule has 0 spiro atoms. The zero-order chi connectivity index (χ0) is 17.6. The quantitative estimate of drug-likeness (QED) is 0.760. The number of amides is 1. The predicted molar refractivity (Wildman–Crippen MR) is 100 cm³/mol. The van der Waals surface area contributed by atoms with Gasteiger partial charge in [0.15, 0.2) is 0 Å². The average Bonchev–Trinajstić information content (AvgIpc) is 3.24. The molecule has 1 aromatic heterocycles. The molecule has 7 heteroatoms. The Bertz CT molecular complexity index is 769. The van der Waals surface area contributed by atoms with Crippen molar-refractivity contribution in [2.24, 2.45) is 0 Å². The molecule has 0 saturated carbocycles. The van der Waals surface area contributed by atoms with Crippen molar-refractivity contribution in [3.63, 3.8) is 0 Å². The van der Waals surface area contributed by atoms with E-state index in [1.54, 1.807) is 24.3 Å². The lowest BCUT2D eigenvalue weighted by Gasteiger charge is -2.15. The van der Waals surface area contributed by atoms with Crippen LogP contribution < -0.4 is 10.1 Å². The number of benzene rings is 1. The monoisotopic (exact) mass is 378 g/mol. The smallest absolute Gasteiger partial charge is 0.248 e. The number of nitrogens with zero attached hydrogens (tertiary/aromatic N) is 1. The minimum atomic E-state index is -0.269. The molecule has 5 nitrogen and oxygen atoms in total. The first-order valence-corrected chi connectivity index (χ1v) is 9.31. The summed E-state index contributed by atoms with van der Waals surface area (Å²) in [4.78, 5) is 16.5. The molecule has 2 heterocycles. The van der Waals surface area contributed by atoms with Crippen LogP contribution in [0.1, 0.15) is 23.5 Å². The number of anilines is 1. The SMILES string of the molecule is Cc1nc(/C=C/C(=O)Nc2cc(Cl)ccc2OCC2CCCO2)cs1. The number of hydrogen-bond donors (Lipinski definition) is 1. The Morgan fingerprint density at radius 2 is 2.44 bits per heavy atom. The van der Waals surface area contributed by atoms with Crippen molar-refractivity contribution in [3.05, 3.63) is 45.4 Å². The van der Waals surface area contributed by atoms with Gasteiger partial charge in [0, 0.05) is 23.1 Å². The molecule has 3 rings (SSSR count). The maximum Gasteiger partial charge on any atom is 0.248 e. The maximum atomic E-state index is 12.2. The van der Waals surface area contributed by atoms with Crippen LogP contribution >= 0.6 is 22.9 Å². The molecule has 1 N–H and O–H groups in total. The van der Waals surface area contributed by atoms with Crippen LogP contribution in [-0.4, -0.2) is 30.2 Å². The van der Waals surface area contributed by atoms with Gasteiger partial charge in [-0.3, -0.25) is 4.79 Å². The second kappa shape index (κ2) is 8.47. The predicted octanol–water partition coefficient (Wildman–Crippen LogP) is 4.31. The van der Waals surface area contributed by atoms with Crippen molar-refractivity contribution in [2.45, 2.75) is 25.9 Å². The minimum absolute atomic E-state index is 0.104. The van der Waals surface area contributed by atoms with Crippen LogP contribution in [0.4, 0.5) is 5.69 Å². The topological polar surface area (TPSA) is 60.5 Å². The molecule has 2 aromatic rings. The van der Waals surface area contributed by atoms with E-state index in [9.17, 15) is 4.79 Å². The van der Waals surface area contributed by atoms with Gasteiger partial charge >= 0.3 is 0 Å². The van der Waals surface area contributed by atoms with Gasteiger partial charge in [0.2, 0.25) is 5.91 Å². The second-order valence-corrected chi connectivity index (χ2v) is 7.20. The zero-order valence-corrected chi connectivity index (χ0v) is 15.4. The number of ether oxygens (including phenoxy) is 2. The van der Waals surface area contributed by atoms with E-state index in [0.29, 0.717) is 23.1 Å². The van der Waals surface area contributed by atoms with Crippen LogP contribution in [-0.2, 0) is 9.53 Å². The van der Waals surface area contributed by atoms with Crippen molar-refractivity contribution in [1.82, 2.24) is 4.98 Å². The number of aryl methyl sites for hydroxylation is 1. The molecule has 1 amide bonds. The highest BCUT2D eigenvalue weighted by Gasteiger charge is 2.17. The number of nitrogens with one attached hydrogen (secondary N) is 1. The molecular weight excluding hydrogens is 360 g/mol. The van der Waals surface area contributed by atoms with Gasteiger partial charge in [-0.05, 0) is 44.0 Å². The molecule has 0 bridgehead atoms. The summed E-state index contributed by atoms with van der Waals surface area (Å²) in [5, 5.41) is 6.19. The van der Waals surface area contributed by atoms with Crippen LogP contribution in [0.15, 0.2) is 29.7 Å². The van der Waals surface area contributed by atoms with Gasteiger partial charge in [0.1, 0.15) is 12.4 Å². The van der Waals surface area contributed by atoms with E-state index in [4.69, 9.17) is 21.1 Å². The molecule has 132 valence electrons. The molecule has 1 fully saturated rings. The zero-order valence-electron chi connectivity index (χ0n) is 13.8. The molecule has 0 aliphatic carbocycles. The van der Waals surface area contributed by atoms with E-state index in [0.717, 1.165) is 30.2 Å². The highest BCUT2D eigenvalue weighted by Crippen LogP contribution is 2.29. The van der Waals surface area contributed by atoms with Gasteiger partial charge < -0.3 is 14.8 Å². The number of halogens is 1. The van der Waals surface area contributed by atoms with E-state index >= 15 is 0 Å². The molecule has 1 atom stereocenters. The molecule has 1 aliphatic heterocycles. The van der Waals surface area contributed by atoms with Gasteiger partial charge in [-0.15, -0.1) is 11.3 Å². The van der Waals surface area contributed by atoms with E-state index in [-0.39, 0.29) is 12.0 Å². The van der Waals surface area contributed by atoms with Gasteiger partial charge in [-0.25, -0.2) is 4.98 Å². The Morgan fingerprint density at radius 1 is 1.56 bits per heavy atom. The molecule has 25 heavy (non-hydrogen) atoms. The lowest BCUT2D eigenvalue weighted by atomic mass is 10.2. The maximum absolute atomic E-state index is 12.2. The lowest BCUT2D eigenvalue weighted by molar-refractivity contribution is -0.111. The molecule has 0 radical (unpaired) electrons. The van der Waals surface area contributed by atoms with Crippen molar-refractivity contribution < 1.29 is 14.3 Å². The number of aromatic nitrogens is 1. The third-order valence-electron chi connectivity index (χ3n) is 3.69. The summed E-state index contributed by atoms with van der Waals surface area (Å²) in [6, 6.07) is 5.15. The number of carbonyl (C=O) groups is 1. The van der Waals surface area contributed by atoms with E-state index in [2.05, 4.69) is 10.3 Å². The van der Waals surface area contributed by atoms with Crippen molar-refractivity contribution in [2.75, 3.05) is 18.5 Å². The average molecular weight is 379 g/mol. The number of carbonyl (C=O) groups excluding carboxylic acids is 1. The van der Waals surface area contributed by atoms with Crippen LogP contribution in [0.2, 0.25) is 5.02 Å². The normalized spacial score (nSPS) is 17.1. The van der Waals surface area contributed by atoms with Gasteiger partial charge in [0.05, 0.1) is 22.5 Å². The molecule has 1 saturated heterocycles. The largest absolute Gasteiger partial charge is 0.489 e. The first-order chi connectivity index (χ1) is 12.1. The number of rotatable bonds is 6. The summed E-state index contributed by atoms with van der Waals surface area (Å²) < 4.78 is 11.4. The van der Waals surface area contributed by atoms with E-state index in [1.807, 2.05) is 12.3 Å². The third-order valence-corrected chi connectivity index (χ3v) is 4.72. The van der Waals surface area contributed by atoms with Crippen LogP contribution in [0.3, 0.4) is 0 Å². The Balaban J connectivity index is 1.64. The Hall–Kier alpha value is -1.89. The third kappa shape index (κ3) is 5.29. The van der Waals surface area contributed by atoms with Gasteiger partial charge in [-0.2, -0.15) is 0 Å². The molecule has 1 unspecified atom stereocenters. The second-order valence-electron chi connectivity index (χ2n) is 5.70. The summed E-state index contributed by atoms with van der Waals surface area (Å²) in [6.07, 6.45) is 5.27. The summed E-state index contributed by atoms with van der Waals surface area (Å²) in [5.74, 6) is 0.307. The molecule has 1 aliphatic rings. The molecule has 1 aromatic carbocycles. The number of hydrogen-bond acceptors (Lipinski definition) is 5. The fourth-order valence-corrected chi connectivity index (χ4v) is 3.23. The first-order valence-electron chi connectivity index (χ1n) is 8.05. The standard InChI is InChI=1S/C18H19ClN2O3S/c1-12-20-14(11-25-12)5-7-18(22)21-16-9-13(19)4-6-17(16)24-10-15-3-2-8-23-15/h4-7,9,11,15H,2-3,8,10H2,1H3,(H,21,22)/b7-5+. The first kappa shape index (κ1) is 17.9. The van der Waals surface area contributed by atoms with Gasteiger partial charge in [-0.1, -0.05) is 11.6 Å². The number of thiazole rings is 1. The van der Waals surface area contributed by atoms with E-state index in [1.165, 1.54) is 17.4 Å². The molecular formula is C18H19ClN2O3S. The van der Waals surface area contributed by atoms with Crippen LogP contribution in [0, 0.1) is 6.92 Å². The summed E-state index contributed by atoms with van der Waals surface area (Å²) in [6.45, 7) is 3.16. The highest BCUT2D eigenvalue weighted by molar-refractivity contribution is 7.09. The van der Waals surface area contributed by atoms with Gasteiger partial charge in [0.25, 0.3) is 0 Å². The summed E-state index contributed by atoms with van der Waals surface area (Å²) >= 11 is 7.58. The summed E-state index contributed by atoms with van der Waals surface area (Å²) in [7, 11) is 0. The van der Waals surface area contributed by atoms with Crippen molar-refractivity contribution in [1.29, 1.82) is 0 Å². The fourth-order valence-electron chi connectivity index (χ4n) is 2.48. The summed E-state index contributed by atoms with van der Waals surface area (Å²) in [5.41, 5.74) is 1.30. The lowest BCUT2D eigenvalue weighted by Crippen LogP contribution is -2.17. The van der Waals surface area contributed by atoms with Crippen LogP contribution in [0.5, 0.6) is 5.75 Å². The highest BCUT2D eigenvalue weighted by atomic mass is 35.5. The minimum Gasteiger partial charge on any atom is -0.489 e. The van der Waals surface area contributed by atoms with Crippen molar-refractivity contribution >= 4 is 40.6 Å². The van der Waals surface area contributed by atoms with Crippen LogP contribution in [0.25, 0.3) is 6.08 Å². The fraction of sp³-hybridized carbons (Fsp3) is 0.333. The Labute approximate surface area is 155 Å². The van der Waals surface area contributed by atoms with Crippen molar-refractivity contribution in [3.8, 4) is 5.75 Å². The Morgan fingerprint density at radius 3 is 3.16 bits per heavy atom. The Kier molecular flexibility index (Phi) is 6.07.